The summed E-state index contributed by atoms with van der Waals surface area (Å²) >= 11 is 0. The smallest absolute Gasteiger partial charge is 0.277 e. The molecule has 0 spiro atoms. The summed E-state index contributed by atoms with van der Waals surface area (Å²) in [5, 5.41) is 10.9. The highest BCUT2D eigenvalue weighted by Crippen LogP contribution is 2.33. The maximum atomic E-state index is 11.3. The van der Waals surface area contributed by atoms with E-state index in [0.29, 0.717) is 12.1 Å². The third kappa shape index (κ3) is 1.91. The summed E-state index contributed by atoms with van der Waals surface area (Å²) in [6.45, 7) is 3.65. The fourth-order valence-electron chi connectivity index (χ4n) is 2.06. The predicted octanol–water partition coefficient (Wildman–Crippen LogP) is 2.32. The molecule has 1 aromatic carbocycles. The number of fused-ring (bicyclic) bond motifs is 1. The molecule has 0 unspecified atom stereocenters. The summed E-state index contributed by atoms with van der Waals surface area (Å²) in [4.78, 5) is 23.4. The van der Waals surface area contributed by atoms with Gasteiger partial charge in [0.1, 0.15) is 0 Å². The average Bonchev–Trinajstić information content (AvgIpc) is 2.27. The lowest BCUT2D eigenvalue weighted by atomic mass is 9.96. The summed E-state index contributed by atoms with van der Waals surface area (Å²) in [5.41, 5.74) is 2.29. The average molecular weight is 232 g/mol. The number of nitrogens with zero attached hydrogens (tertiary/aromatic N) is 2. The third-order valence-electron chi connectivity index (χ3n) is 2.81. The van der Waals surface area contributed by atoms with E-state index in [4.69, 9.17) is 0 Å². The number of allylic oxidation sites excluding steroid dienone is 1. The van der Waals surface area contributed by atoms with Gasteiger partial charge in [-0.2, -0.15) is 0 Å². The van der Waals surface area contributed by atoms with Crippen LogP contribution in [0.15, 0.2) is 24.4 Å². The Morgan fingerprint density at radius 2 is 2.18 bits per heavy atom. The fourth-order valence-corrected chi connectivity index (χ4v) is 2.06. The number of nitro benzene ring substituents is 1. The van der Waals surface area contributed by atoms with Crippen molar-refractivity contribution in [1.29, 1.82) is 0 Å². The molecule has 0 radical (unpaired) electrons. The van der Waals surface area contributed by atoms with E-state index in [9.17, 15) is 14.9 Å². The van der Waals surface area contributed by atoms with Gasteiger partial charge in [0.15, 0.2) is 0 Å². The molecule has 1 aromatic rings. The Morgan fingerprint density at radius 1 is 1.47 bits per heavy atom. The van der Waals surface area contributed by atoms with Crippen LogP contribution in [0, 0.1) is 10.1 Å². The predicted molar refractivity (Wildman–Crippen MR) is 63.0 cm³/mol. The first-order valence-corrected chi connectivity index (χ1v) is 5.23. The van der Waals surface area contributed by atoms with Crippen LogP contribution in [-0.4, -0.2) is 15.7 Å². The van der Waals surface area contributed by atoms with Crippen LogP contribution in [0.3, 0.4) is 0 Å². The lowest BCUT2D eigenvalue weighted by Gasteiger charge is -2.24. The maximum Gasteiger partial charge on any atom is 0.277 e. The zero-order chi connectivity index (χ0) is 12.6. The van der Waals surface area contributed by atoms with Crippen molar-refractivity contribution in [2.45, 2.75) is 20.4 Å². The Kier molecular flexibility index (Phi) is 2.67. The SMILES string of the molecule is CC(=O)N1C=C(C)c2c(cccc2[N+](=O)[O-])C1. The van der Waals surface area contributed by atoms with E-state index < -0.39 is 0 Å². The van der Waals surface area contributed by atoms with Gasteiger partial charge in [-0.3, -0.25) is 14.9 Å². The van der Waals surface area contributed by atoms with Crippen LogP contribution >= 0.6 is 0 Å². The summed E-state index contributed by atoms with van der Waals surface area (Å²) in [6, 6.07) is 4.95. The van der Waals surface area contributed by atoms with Gasteiger partial charge < -0.3 is 4.90 Å². The van der Waals surface area contributed by atoms with Gasteiger partial charge in [-0.25, -0.2) is 0 Å². The van der Waals surface area contributed by atoms with Gasteiger partial charge in [0.05, 0.1) is 17.0 Å². The number of amides is 1. The molecule has 1 aliphatic rings. The highest BCUT2D eigenvalue weighted by atomic mass is 16.6. The van der Waals surface area contributed by atoms with E-state index in [1.165, 1.54) is 13.0 Å². The topological polar surface area (TPSA) is 63.5 Å². The van der Waals surface area contributed by atoms with Gasteiger partial charge >= 0.3 is 0 Å². The molecule has 1 amide bonds. The van der Waals surface area contributed by atoms with Gasteiger partial charge in [-0.1, -0.05) is 12.1 Å². The first kappa shape index (κ1) is 11.3. The van der Waals surface area contributed by atoms with Crippen molar-refractivity contribution in [3.05, 3.63) is 45.6 Å². The number of hydrogen-bond acceptors (Lipinski definition) is 3. The normalized spacial score (nSPS) is 14.0. The zero-order valence-corrected chi connectivity index (χ0v) is 9.64. The van der Waals surface area contributed by atoms with Crippen LogP contribution < -0.4 is 0 Å². The number of carbonyl (C=O) groups is 1. The lowest BCUT2D eigenvalue weighted by molar-refractivity contribution is -0.385. The summed E-state index contributed by atoms with van der Waals surface area (Å²) in [6.07, 6.45) is 1.66. The summed E-state index contributed by atoms with van der Waals surface area (Å²) < 4.78 is 0. The maximum absolute atomic E-state index is 11.3. The highest BCUT2D eigenvalue weighted by molar-refractivity contribution is 5.82. The number of hydrogen-bond donors (Lipinski definition) is 0. The molecule has 1 heterocycles. The molecule has 0 saturated heterocycles. The molecule has 0 atom stereocenters. The standard InChI is InChI=1S/C12H12N2O3/c1-8-6-13(9(2)15)7-10-4-3-5-11(12(8)10)14(16)17/h3-6H,7H2,1-2H3. The second kappa shape index (κ2) is 4.01. The molecule has 1 aliphatic heterocycles. The Hall–Kier alpha value is -2.17. The van der Waals surface area contributed by atoms with Crippen molar-refractivity contribution in [2.75, 3.05) is 0 Å². The van der Waals surface area contributed by atoms with E-state index in [1.54, 1.807) is 24.1 Å². The van der Waals surface area contributed by atoms with Crippen LogP contribution in [0.5, 0.6) is 0 Å². The van der Waals surface area contributed by atoms with E-state index in [2.05, 4.69) is 0 Å². The molecule has 0 fully saturated rings. The van der Waals surface area contributed by atoms with Crippen molar-refractivity contribution in [3.8, 4) is 0 Å². The Bertz CT molecular complexity index is 535. The summed E-state index contributed by atoms with van der Waals surface area (Å²) in [7, 11) is 0. The highest BCUT2D eigenvalue weighted by Gasteiger charge is 2.24. The largest absolute Gasteiger partial charge is 0.315 e. The van der Waals surface area contributed by atoms with Gasteiger partial charge in [-0.05, 0) is 18.1 Å². The molecule has 0 aromatic heterocycles. The number of benzene rings is 1. The minimum atomic E-state index is -0.389. The monoisotopic (exact) mass is 232 g/mol. The number of nitro groups is 1. The van der Waals surface area contributed by atoms with Gasteiger partial charge in [-0.15, -0.1) is 0 Å². The van der Waals surface area contributed by atoms with Gasteiger partial charge in [0, 0.05) is 19.2 Å². The van der Waals surface area contributed by atoms with Crippen molar-refractivity contribution in [1.82, 2.24) is 4.90 Å². The minimum Gasteiger partial charge on any atom is -0.315 e. The molecular weight excluding hydrogens is 220 g/mol. The van der Waals surface area contributed by atoms with Crippen LogP contribution in [-0.2, 0) is 11.3 Å². The zero-order valence-electron chi connectivity index (χ0n) is 9.64. The Morgan fingerprint density at radius 3 is 2.76 bits per heavy atom. The second-order valence-electron chi connectivity index (χ2n) is 4.03. The van der Waals surface area contributed by atoms with Crippen LogP contribution in [0.25, 0.3) is 5.57 Å². The molecule has 5 nitrogen and oxygen atoms in total. The molecule has 0 N–H and O–H groups in total. The molecule has 0 aliphatic carbocycles. The molecule has 0 bridgehead atoms. The molecule has 2 rings (SSSR count). The second-order valence-corrected chi connectivity index (χ2v) is 4.03. The van der Waals surface area contributed by atoms with E-state index >= 15 is 0 Å². The molecule has 17 heavy (non-hydrogen) atoms. The Labute approximate surface area is 98.5 Å². The Balaban J connectivity index is 2.57. The van der Waals surface area contributed by atoms with Crippen molar-refractivity contribution >= 4 is 17.2 Å². The molecule has 5 heteroatoms. The summed E-state index contributed by atoms with van der Waals surface area (Å²) in [5.74, 6) is -0.0680. The van der Waals surface area contributed by atoms with Crippen LogP contribution in [0.4, 0.5) is 5.69 Å². The van der Waals surface area contributed by atoms with Crippen LogP contribution in [0.1, 0.15) is 25.0 Å². The molecule has 0 saturated carbocycles. The van der Waals surface area contributed by atoms with E-state index in [1.807, 2.05) is 6.07 Å². The van der Waals surface area contributed by atoms with Gasteiger partial charge in [0.2, 0.25) is 5.91 Å². The van der Waals surface area contributed by atoms with Crippen molar-refractivity contribution in [3.63, 3.8) is 0 Å². The van der Waals surface area contributed by atoms with E-state index in [-0.39, 0.29) is 16.5 Å². The number of carbonyl (C=O) groups excluding carboxylic acids is 1. The van der Waals surface area contributed by atoms with Crippen molar-refractivity contribution < 1.29 is 9.72 Å². The van der Waals surface area contributed by atoms with Gasteiger partial charge in [0.25, 0.3) is 5.69 Å². The molecule has 88 valence electrons. The first-order chi connectivity index (χ1) is 8.00. The minimum absolute atomic E-state index is 0.0680. The quantitative estimate of drug-likeness (QED) is 0.551. The number of rotatable bonds is 1. The lowest BCUT2D eigenvalue weighted by Crippen LogP contribution is -2.26. The molecular formula is C12H12N2O3. The van der Waals surface area contributed by atoms with Crippen molar-refractivity contribution in [2.24, 2.45) is 0 Å². The third-order valence-corrected chi connectivity index (χ3v) is 2.81. The van der Waals surface area contributed by atoms with E-state index in [0.717, 1.165) is 11.1 Å². The first-order valence-electron chi connectivity index (χ1n) is 5.23. The van der Waals surface area contributed by atoms with Crippen LogP contribution in [0.2, 0.25) is 0 Å². The fraction of sp³-hybridized carbons (Fsp3) is 0.250.